The summed E-state index contributed by atoms with van der Waals surface area (Å²) in [5.74, 6) is 0.303. The molecule has 0 amide bonds. The molecule has 2 N–H and O–H groups in total. The summed E-state index contributed by atoms with van der Waals surface area (Å²) in [7, 11) is 0. The van der Waals surface area contributed by atoms with Crippen molar-refractivity contribution in [2.24, 2.45) is 0 Å². The van der Waals surface area contributed by atoms with Crippen molar-refractivity contribution in [3.05, 3.63) is 63.1 Å². The Balaban J connectivity index is 1.88. The molecule has 0 aliphatic carbocycles. The molecular formula is C16H17BrClNO. The van der Waals surface area contributed by atoms with Crippen LogP contribution >= 0.6 is 27.5 Å². The first-order valence-electron chi connectivity index (χ1n) is 6.52. The van der Waals surface area contributed by atoms with E-state index in [9.17, 15) is 5.11 Å². The molecule has 0 aromatic heterocycles. The molecule has 4 heteroatoms. The average Bonchev–Trinajstić information content (AvgIpc) is 2.41. The molecule has 0 bridgehead atoms. The Hall–Kier alpha value is -1.03. The van der Waals surface area contributed by atoms with Gasteiger partial charge in [-0.3, -0.25) is 0 Å². The van der Waals surface area contributed by atoms with Crippen LogP contribution in [0.1, 0.15) is 24.1 Å². The monoisotopic (exact) mass is 353 g/mol. The smallest absolute Gasteiger partial charge is 0.115 e. The molecule has 0 saturated heterocycles. The summed E-state index contributed by atoms with van der Waals surface area (Å²) in [4.78, 5) is 0. The number of hydrogen-bond acceptors (Lipinski definition) is 2. The first-order valence-corrected chi connectivity index (χ1v) is 7.69. The number of aromatic hydroxyl groups is 1. The van der Waals surface area contributed by atoms with Gasteiger partial charge in [0, 0.05) is 15.5 Å². The topological polar surface area (TPSA) is 32.3 Å². The molecule has 0 spiro atoms. The minimum Gasteiger partial charge on any atom is -0.508 e. The summed E-state index contributed by atoms with van der Waals surface area (Å²) < 4.78 is 0.988. The van der Waals surface area contributed by atoms with E-state index in [4.69, 9.17) is 11.6 Å². The van der Waals surface area contributed by atoms with E-state index in [2.05, 4.69) is 28.2 Å². The van der Waals surface area contributed by atoms with E-state index < -0.39 is 0 Å². The molecule has 0 aliphatic rings. The fraction of sp³-hybridized carbons (Fsp3) is 0.250. The third-order valence-corrected chi connectivity index (χ3v) is 4.05. The first-order chi connectivity index (χ1) is 9.56. The molecule has 106 valence electrons. The summed E-state index contributed by atoms with van der Waals surface area (Å²) >= 11 is 9.65. The van der Waals surface area contributed by atoms with Crippen molar-refractivity contribution in [1.29, 1.82) is 0 Å². The lowest BCUT2D eigenvalue weighted by molar-refractivity contribution is 0.475. The van der Waals surface area contributed by atoms with Crippen molar-refractivity contribution in [1.82, 2.24) is 5.32 Å². The lowest BCUT2D eigenvalue weighted by Gasteiger charge is -2.16. The van der Waals surface area contributed by atoms with Crippen LogP contribution in [0, 0.1) is 0 Å². The minimum atomic E-state index is 0.202. The molecule has 0 aliphatic heterocycles. The van der Waals surface area contributed by atoms with Crippen LogP contribution in [0.15, 0.2) is 46.9 Å². The second kappa shape index (κ2) is 7.11. The zero-order valence-corrected chi connectivity index (χ0v) is 13.6. The van der Waals surface area contributed by atoms with Gasteiger partial charge in [0.05, 0.1) is 0 Å². The third kappa shape index (κ3) is 4.23. The normalized spacial score (nSPS) is 12.3. The number of phenols is 1. The van der Waals surface area contributed by atoms with E-state index in [0.717, 1.165) is 28.0 Å². The fourth-order valence-electron chi connectivity index (χ4n) is 2.06. The molecule has 0 saturated carbocycles. The first kappa shape index (κ1) is 15.4. The van der Waals surface area contributed by atoms with Crippen LogP contribution < -0.4 is 5.32 Å². The molecule has 2 nitrogen and oxygen atoms in total. The quantitative estimate of drug-likeness (QED) is 0.815. The molecule has 1 unspecified atom stereocenters. The van der Waals surface area contributed by atoms with Crippen molar-refractivity contribution < 1.29 is 5.11 Å². The van der Waals surface area contributed by atoms with Gasteiger partial charge in [-0.1, -0.05) is 45.7 Å². The fourth-order valence-corrected chi connectivity index (χ4v) is 2.90. The summed E-state index contributed by atoms with van der Waals surface area (Å²) in [6.45, 7) is 2.96. The van der Waals surface area contributed by atoms with Gasteiger partial charge in [-0.15, -0.1) is 0 Å². The Morgan fingerprint density at radius 3 is 2.55 bits per heavy atom. The number of benzene rings is 2. The number of hydrogen-bond donors (Lipinski definition) is 2. The van der Waals surface area contributed by atoms with Crippen molar-refractivity contribution in [3.63, 3.8) is 0 Å². The van der Waals surface area contributed by atoms with Crippen LogP contribution in [-0.4, -0.2) is 11.7 Å². The molecule has 1 atom stereocenters. The standard InChI is InChI=1S/C16H17BrClNO/c1-11(15-7-4-13(17)10-16(15)18)19-9-8-12-2-5-14(20)6-3-12/h2-7,10-11,19-20H,8-9H2,1H3. The molecule has 0 fully saturated rings. The zero-order chi connectivity index (χ0) is 14.5. The van der Waals surface area contributed by atoms with Gasteiger partial charge < -0.3 is 10.4 Å². The van der Waals surface area contributed by atoms with Crippen LogP contribution in [0.3, 0.4) is 0 Å². The van der Waals surface area contributed by atoms with Crippen LogP contribution in [0.5, 0.6) is 5.75 Å². The van der Waals surface area contributed by atoms with Gasteiger partial charge in [0.2, 0.25) is 0 Å². The number of nitrogens with one attached hydrogen (secondary N) is 1. The van der Waals surface area contributed by atoms with Crippen LogP contribution in [0.25, 0.3) is 0 Å². The Kier molecular flexibility index (Phi) is 5.46. The maximum Gasteiger partial charge on any atom is 0.115 e. The second-order valence-electron chi connectivity index (χ2n) is 4.76. The van der Waals surface area contributed by atoms with Gasteiger partial charge in [0.15, 0.2) is 0 Å². The highest BCUT2D eigenvalue weighted by Gasteiger charge is 2.09. The van der Waals surface area contributed by atoms with Gasteiger partial charge in [-0.2, -0.15) is 0 Å². The maximum absolute atomic E-state index is 9.24. The van der Waals surface area contributed by atoms with Crippen LogP contribution in [0.2, 0.25) is 5.02 Å². The van der Waals surface area contributed by atoms with Crippen molar-refractivity contribution in [3.8, 4) is 5.75 Å². The Morgan fingerprint density at radius 1 is 1.20 bits per heavy atom. The molecular weight excluding hydrogens is 338 g/mol. The van der Waals surface area contributed by atoms with E-state index in [1.54, 1.807) is 12.1 Å². The Bertz CT molecular complexity index is 571. The number of rotatable bonds is 5. The van der Waals surface area contributed by atoms with Gasteiger partial charge >= 0.3 is 0 Å². The van der Waals surface area contributed by atoms with E-state index in [-0.39, 0.29) is 6.04 Å². The maximum atomic E-state index is 9.24. The van der Waals surface area contributed by atoms with E-state index >= 15 is 0 Å². The van der Waals surface area contributed by atoms with E-state index in [1.165, 1.54) is 5.56 Å². The van der Waals surface area contributed by atoms with Crippen molar-refractivity contribution >= 4 is 27.5 Å². The van der Waals surface area contributed by atoms with Crippen LogP contribution in [-0.2, 0) is 6.42 Å². The molecule has 2 aromatic rings. The molecule has 2 rings (SSSR count). The Morgan fingerprint density at radius 2 is 1.90 bits per heavy atom. The zero-order valence-electron chi connectivity index (χ0n) is 11.2. The SMILES string of the molecule is CC(NCCc1ccc(O)cc1)c1ccc(Br)cc1Cl. The highest BCUT2D eigenvalue weighted by atomic mass is 79.9. The summed E-state index contributed by atoms with van der Waals surface area (Å²) in [5, 5.41) is 13.5. The van der Waals surface area contributed by atoms with Crippen molar-refractivity contribution in [2.45, 2.75) is 19.4 Å². The summed E-state index contributed by atoms with van der Waals surface area (Å²) in [6.07, 6.45) is 0.915. The van der Waals surface area contributed by atoms with Gasteiger partial charge in [-0.25, -0.2) is 0 Å². The highest BCUT2D eigenvalue weighted by molar-refractivity contribution is 9.10. The van der Waals surface area contributed by atoms with Gasteiger partial charge in [0.25, 0.3) is 0 Å². The lowest BCUT2D eigenvalue weighted by Crippen LogP contribution is -2.21. The van der Waals surface area contributed by atoms with Crippen molar-refractivity contribution in [2.75, 3.05) is 6.54 Å². The lowest BCUT2D eigenvalue weighted by atomic mass is 10.1. The van der Waals surface area contributed by atoms with Gasteiger partial charge in [-0.05, 0) is 55.3 Å². The molecule has 2 aromatic carbocycles. The van der Waals surface area contributed by atoms with E-state index in [1.807, 2.05) is 30.3 Å². The Labute approximate surface area is 132 Å². The molecule has 0 radical (unpaired) electrons. The predicted molar refractivity (Wildman–Crippen MR) is 87.4 cm³/mol. The predicted octanol–water partition coefficient (Wildman–Crippen LogP) is 4.70. The molecule has 0 heterocycles. The van der Waals surface area contributed by atoms with E-state index in [0.29, 0.717) is 5.75 Å². The molecule has 20 heavy (non-hydrogen) atoms. The van der Waals surface area contributed by atoms with Gasteiger partial charge in [0.1, 0.15) is 5.75 Å². The minimum absolute atomic E-state index is 0.202. The van der Waals surface area contributed by atoms with Crippen LogP contribution in [0.4, 0.5) is 0 Å². The summed E-state index contributed by atoms with van der Waals surface area (Å²) in [5.41, 5.74) is 2.30. The highest BCUT2D eigenvalue weighted by Crippen LogP contribution is 2.26. The third-order valence-electron chi connectivity index (χ3n) is 3.23. The summed E-state index contributed by atoms with van der Waals surface area (Å²) in [6, 6.07) is 13.4. The second-order valence-corrected chi connectivity index (χ2v) is 6.08. The number of phenolic OH excluding ortho intramolecular Hbond substituents is 1. The largest absolute Gasteiger partial charge is 0.508 e. The number of halogens is 2. The average molecular weight is 355 g/mol.